The lowest BCUT2D eigenvalue weighted by Crippen LogP contribution is -2.32. The highest BCUT2D eigenvalue weighted by atomic mass is 35.5. The monoisotopic (exact) mass is 587 g/mol. The van der Waals surface area contributed by atoms with Crippen LogP contribution >= 0.6 is 23.2 Å². The number of alkyl halides is 6. The molecule has 0 aliphatic heterocycles. The molecule has 1 heterocycles. The van der Waals surface area contributed by atoms with Crippen molar-refractivity contribution in [3.05, 3.63) is 99.2 Å². The van der Waals surface area contributed by atoms with Gasteiger partial charge in [0.1, 0.15) is 11.4 Å². The van der Waals surface area contributed by atoms with Crippen LogP contribution in [0.25, 0.3) is 11.3 Å². The van der Waals surface area contributed by atoms with Gasteiger partial charge in [-0.05, 0) is 54.1 Å². The molecule has 4 rings (SSSR count). The molecule has 5 nitrogen and oxygen atoms in total. The van der Waals surface area contributed by atoms with E-state index in [1.807, 2.05) is 0 Å². The van der Waals surface area contributed by atoms with Gasteiger partial charge >= 0.3 is 12.4 Å². The number of hydrogen-bond donors (Lipinski definition) is 1. The number of carbonyl (C=O) groups is 1. The van der Waals surface area contributed by atoms with Crippen LogP contribution in [0.15, 0.2) is 66.7 Å². The van der Waals surface area contributed by atoms with Crippen LogP contribution in [0.1, 0.15) is 27.2 Å². The second-order valence-electron chi connectivity index (χ2n) is 8.44. The predicted octanol–water partition coefficient (Wildman–Crippen LogP) is 7.98. The maximum Gasteiger partial charge on any atom is 0.433 e. The van der Waals surface area contributed by atoms with Crippen molar-refractivity contribution in [2.75, 3.05) is 4.90 Å². The number of nitrogens with zero attached hydrogens (tertiary/aromatic N) is 3. The van der Waals surface area contributed by atoms with Crippen molar-refractivity contribution in [2.45, 2.75) is 18.9 Å². The van der Waals surface area contributed by atoms with Gasteiger partial charge in [0.05, 0.1) is 23.4 Å². The van der Waals surface area contributed by atoms with Crippen LogP contribution in [0, 0.1) is 0 Å². The van der Waals surface area contributed by atoms with Crippen molar-refractivity contribution in [1.29, 1.82) is 0 Å². The number of anilines is 1. The van der Waals surface area contributed by atoms with Gasteiger partial charge in [0.15, 0.2) is 0 Å². The van der Waals surface area contributed by atoms with E-state index in [-0.39, 0.29) is 28.5 Å². The standard InChI is InChI=1S/C26H17Cl2F6N3O2/c1-36-23(26(32,33)34)12-21(35-36)19-9-7-17(11-22(19)38)37(13-14-2-4-15(27)5-3-14)24(39)18-8-6-16(28)10-20(18)25(29,30)31/h2-12,38H,13H2,1H3. The van der Waals surface area contributed by atoms with Crippen LogP contribution in [0.4, 0.5) is 32.0 Å². The van der Waals surface area contributed by atoms with Gasteiger partial charge in [-0.15, -0.1) is 0 Å². The fraction of sp³-hybridized carbons (Fsp3) is 0.154. The summed E-state index contributed by atoms with van der Waals surface area (Å²) >= 11 is 11.7. The molecule has 0 aliphatic rings. The van der Waals surface area contributed by atoms with Gasteiger partial charge in [-0.3, -0.25) is 9.48 Å². The van der Waals surface area contributed by atoms with Crippen molar-refractivity contribution in [3.63, 3.8) is 0 Å². The van der Waals surface area contributed by atoms with E-state index >= 15 is 0 Å². The Morgan fingerprint density at radius 2 is 1.54 bits per heavy atom. The topological polar surface area (TPSA) is 58.4 Å². The number of aromatic nitrogens is 2. The zero-order valence-corrected chi connectivity index (χ0v) is 21.3. The van der Waals surface area contributed by atoms with E-state index in [9.17, 15) is 36.2 Å². The molecule has 0 spiro atoms. The average Bonchev–Trinajstić information content (AvgIpc) is 3.24. The van der Waals surface area contributed by atoms with Gasteiger partial charge < -0.3 is 10.0 Å². The Hall–Kier alpha value is -3.70. The number of aromatic hydroxyl groups is 1. The van der Waals surface area contributed by atoms with Gasteiger partial charge in [-0.1, -0.05) is 35.3 Å². The number of hydrogen-bond acceptors (Lipinski definition) is 3. The molecule has 0 aliphatic carbocycles. The molecule has 0 fully saturated rings. The summed E-state index contributed by atoms with van der Waals surface area (Å²) in [5.74, 6) is -1.60. The maximum atomic E-state index is 13.8. The lowest BCUT2D eigenvalue weighted by atomic mass is 10.0. The number of benzene rings is 3. The molecule has 0 radical (unpaired) electrons. The number of phenolic OH excluding ortho intramolecular Hbond substituents is 1. The van der Waals surface area contributed by atoms with E-state index in [0.29, 0.717) is 21.3 Å². The molecule has 0 saturated heterocycles. The second-order valence-corrected chi connectivity index (χ2v) is 9.32. The lowest BCUT2D eigenvalue weighted by Gasteiger charge is -2.25. The van der Waals surface area contributed by atoms with E-state index in [0.717, 1.165) is 36.2 Å². The van der Waals surface area contributed by atoms with Crippen LogP contribution in [0.5, 0.6) is 5.75 Å². The maximum absolute atomic E-state index is 13.8. The molecule has 1 amide bonds. The molecule has 0 unspecified atom stereocenters. The normalized spacial score (nSPS) is 12.0. The van der Waals surface area contributed by atoms with E-state index in [4.69, 9.17) is 23.2 Å². The first kappa shape index (κ1) is 28.3. The molecule has 0 atom stereocenters. The first-order chi connectivity index (χ1) is 18.1. The third kappa shape index (κ3) is 6.15. The van der Waals surface area contributed by atoms with E-state index in [2.05, 4.69) is 5.10 Å². The minimum absolute atomic E-state index is 0.0220. The van der Waals surface area contributed by atoms with Crippen LogP contribution in [0.3, 0.4) is 0 Å². The van der Waals surface area contributed by atoms with Gasteiger partial charge in [0, 0.05) is 34.4 Å². The summed E-state index contributed by atoms with van der Waals surface area (Å²) in [6.07, 6.45) is -9.59. The second kappa shape index (κ2) is 10.5. The molecule has 3 aromatic carbocycles. The van der Waals surface area contributed by atoms with Crippen LogP contribution in [0.2, 0.25) is 10.0 Å². The summed E-state index contributed by atoms with van der Waals surface area (Å²) in [6, 6.07) is 13.2. The SMILES string of the molecule is Cn1nc(-c2ccc(N(Cc3ccc(Cl)cc3)C(=O)c3ccc(Cl)cc3C(F)(F)F)cc2O)cc1C(F)(F)F. The van der Waals surface area contributed by atoms with Gasteiger partial charge in [0.25, 0.3) is 5.91 Å². The van der Waals surface area contributed by atoms with Crippen molar-refractivity contribution in [1.82, 2.24) is 9.78 Å². The smallest absolute Gasteiger partial charge is 0.433 e. The van der Waals surface area contributed by atoms with E-state index in [1.54, 1.807) is 12.1 Å². The number of amides is 1. The number of halogens is 8. The van der Waals surface area contributed by atoms with Gasteiger partial charge in [0.2, 0.25) is 0 Å². The Morgan fingerprint density at radius 1 is 0.897 bits per heavy atom. The lowest BCUT2D eigenvalue weighted by molar-refractivity contribution is -0.143. The molecule has 1 aromatic heterocycles. The fourth-order valence-electron chi connectivity index (χ4n) is 3.90. The summed E-state index contributed by atoms with van der Waals surface area (Å²) in [7, 11) is 1.09. The number of aryl methyl sites for hydroxylation is 1. The summed E-state index contributed by atoms with van der Waals surface area (Å²) in [5.41, 5.74) is -2.79. The van der Waals surface area contributed by atoms with Gasteiger partial charge in [-0.2, -0.15) is 31.4 Å². The minimum atomic E-state index is -4.90. The third-order valence-electron chi connectivity index (χ3n) is 5.76. The van der Waals surface area contributed by atoms with Crippen molar-refractivity contribution < 1.29 is 36.2 Å². The Morgan fingerprint density at radius 3 is 2.10 bits per heavy atom. The predicted molar refractivity (Wildman–Crippen MR) is 134 cm³/mol. The third-order valence-corrected chi connectivity index (χ3v) is 6.24. The van der Waals surface area contributed by atoms with E-state index in [1.165, 1.54) is 24.3 Å². The first-order valence-electron chi connectivity index (χ1n) is 11.0. The van der Waals surface area contributed by atoms with Crippen LogP contribution < -0.4 is 4.90 Å². The average molecular weight is 588 g/mol. The number of rotatable bonds is 5. The zero-order chi connectivity index (χ0) is 28.7. The molecular weight excluding hydrogens is 571 g/mol. The van der Waals surface area contributed by atoms with Crippen LogP contribution in [-0.2, 0) is 25.9 Å². The summed E-state index contributed by atoms with van der Waals surface area (Å²) < 4.78 is 81.6. The molecule has 39 heavy (non-hydrogen) atoms. The molecule has 0 bridgehead atoms. The highest BCUT2D eigenvalue weighted by Crippen LogP contribution is 2.38. The zero-order valence-electron chi connectivity index (χ0n) is 19.8. The Balaban J connectivity index is 1.80. The summed E-state index contributed by atoms with van der Waals surface area (Å²) in [5, 5.41) is 14.7. The molecule has 0 saturated carbocycles. The van der Waals surface area contributed by atoms with Crippen molar-refractivity contribution >= 4 is 34.8 Å². The Kier molecular flexibility index (Phi) is 7.59. The van der Waals surface area contributed by atoms with Gasteiger partial charge in [-0.25, -0.2) is 0 Å². The Labute approximate surface area is 227 Å². The fourth-order valence-corrected chi connectivity index (χ4v) is 4.20. The number of phenols is 1. The highest BCUT2D eigenvalue weighted by Gasteiger charge is 2.37. The molecule has 13 heteroatoms. The van der Waals surface area contributed by atoms with Crippen LogP contribution in [-0.4, -0.2) is 20.8 Å². The van der Waals surface area contributed by atoms with E-state index < -0.39 is 40.8 Å². The first-order valence-corrected chi connectivity index (χ1v) is 11.8. The molecule has 204 valence electrons. The summed E-state index contributed by atoms with van der Waals surface area (Å²) in [6.45, 7) is -0.226. The number of carbonyl (C=O) groups excluding carboxylic acids is 1. The highest BCUT2D eigenvalue weighted by molar-refractivity contribution is 6.31. The van der Waals surface area contributed by atoms with Crippen molar-refractivity contribution in [2.24, 2.45) is 7.05 Å². The summed E-state index contributed by atoms with van der Waals surface area (Å²) in [4.78, 5) is 14.5. The molecule has 4 aromatic rings. The molecule has 1 N–H and O–H groups in total. The minimum Gasteiger partial charge on any atom is -0.507 e. The molecular formula is C26H17Cl2F6N3O2. The quantitative estimate of drug-likeness (QED) is 0.241. The largest absolute Gasteiger partial charge is 0.507 e. The Bertz CT molecular complexity index is 1530. The van der Waals surface area contributed by atoms with Crippen molar-refractivity contribution in [3.8, 4) is 17.0 Å².